The van der Waals surface area contributed by atoms with Gasteiger partial charge in [-0.05, 0) is 42.3 Å². The number of carbonyl (C=O) groups excluding carboxylic acids is 2. The molecule has 0 aliphatic heterocycles. The van der Waals surface area contributed by atoms with E-state index in [4.69, 9.17) is 14.2 Å². The summed E-state index contributed by atoms with van der Waals surface area (Å²) in [6.07, 6.45) is 0.798. The average molecular weight is 343 g/mol. The summed E-state index contributed by atoms with van der Waals surface area (Å²) >= 11 is 0. The van der Waals surface area contributed by atoms with Crippen molar-refractivity contribution in [3.8, 4) is 11.5 Å². The average Bonchev–Trinajstić information content (AvgIpc) is 2.65. The maximum atomic E-state index is 11.9. The van der Waals surface area contributed by atoms with E-state index >= 15 is 0 Å². The number of para-hydroxylation sites is 1. The lowest BCUT2D eigenvalue weighted by Gasteiger charge is -2.10. The molecule has 2 aromatic rings. The van der Waals surface area contributed by atoms with Crippen molar-refractivity contribution >= 4 is 17.6 Å². The fraction of sp³-hybridized carbons (Fsp3) is 0.263. The van der Waals surface area contributed by atoms with Crippen LogP contribution in [0.4, 0.5) is 5.69 Å². The Morgan fingerprint density at radius 2 is 1.64 bits per heavy atom. The highest BCUT2D eigenvalue weighted by Gasteiger charge is 2.10. The highest BCUT2D eigenvalue weighted by molar-refractivity contribution is 5.93. The molecular weight excluding hydrogens is 322 g/mol. The Morgan fingerprint density at radius 3 is 2.32 bits per heavy atom. The van der Waals surface area contributed by atoms with Gasteiger partial charge in [-0.2, -0.15) is 0 Å². The van der Waals surface area contributed by atoms with Gasteiger partial charge in [0.1, 0.15) is 11.5 Å². The first-order valence-corrected chi connectivity index (χ1v) is 7.92. The van der Waals surface area contributed by atoms with E-state index in [-0.39, 0.29) is 13.2 Å². The van der Waals surface area contributed by atoms with E-state index in [0.717, 1.165) is 17.7 Å². The van der Waals surface area contributed by atoms with Crippen LogP contribution in [0.15, 0.2) is 48.5 Å². The molecule has 0 spiro atoms. The van der Waals surface area contributed by atoms with E-state index in [2.05, 4.69) is 5.32 Å². The summed E-state index contributed by atoms with van der Waals surface area (Å²) in [5.74, 6) is 0.200. The molecule has 1 amide bonds. The molecule has 0 heterocycles. The van der Waals surface area contributed by atoms with Crippen molar-refractivity contribution in [2.24, 2.45) is 0 Å². The van der Waals surface area contributed by atoms with Crippen LogP contribution in [-0.4, -0.2) is 32.2 Å². The number of esters is 1. The zero-order chi connectivity index (χ0) is 18.1. The number of nitrogens with one attached hydrogen (secondary N) is 1. The number of rotatable bonds is 8. The Bertz CT molecular complexity index is 712. The van der Waals surface area contributed by atoms with Crippen LogP contribution >= 0.6 is 0 Å². The molecule has 6 heteroatoms. The third-order valence-electron chi connectivity index (χ3n) is 3.45. The van der Waals surface area contributed by atoms with Crippen LogP contribution in [0.2, 0.25) is 0 Å². The normalized spacial score (nSPS) is 10.0. The Labute approximate surface area is 146 Å². The van der Waals surface area contributed by atoms with E-state index in [9.17, 15) is 9.59 Å². The summed E-state index contributed by atoms with van der Waals surface area (Å²) < 4.78 is 15.2. The second kappa shape index (κ2) is 9.32. The van der Waals surface area contributed by atoms with Gasteiger partial charge in [-0.15, -0.1) is 0 Å². The van der Waals surface area contributed by atoms with Crippen molar-refractivity contribution < 1.29 is 23.8 Å². The van der Waals surface area contributed by atoms with Crippen molar-refractivity contribution in [2.45, 2.75) is 13.3 Å². The summed E-state index contributed by atoms with van der Waals surface area (Å²) in [5.41, 5.74) is 1.74. The largest absolute Gasteiger partial charge is 0.497 e. The second-order valence-electron chi connectivity index (χ2n) is 5.18. The SMILES string of the molecule is CCc1ccccc1NC(=O)COC(=O)COc1ccc(OC)cc1. The highest BCUT2D eigenvalue weighted by atomic mass is 16.6. The second-order valence-corrected chi connectivity index (χ2v) is 5.18. The van der Waals surface area contributed by atoms with Crippen molar-refractivity contribution in [3.05, 3.63) is 54.1 Å². The zero-order valence-electron chi connectivity index (χ0n) is 14.3. The molecule has 0 bridgehead atoms. The summed E-state index contributed by atoms with van der Waals surface area (Å²) in [6.45, 7) is 1.37. The standard InChI is InChI=1S/C19H21NO5/c1-3-14-6-4-5-7-17(14)20-18(21)12-25-19(22)13-24-16-10-8-15(23-2)9-11-16/h4-11H,3,12-13H2,1-2H3,(H,20,21). The van der Waals surface area contributed by atoms with Gasteiger partial charge in [0.15, 0.2) is 13.2 Å². The quantitative estimate of drug-likeness (QED) is 0.746. The number of carbonyl (C=O) groups is 2. The highest BCUT2D eigenvalue weighted by Crippen LogP contribution is 2.17. The number of anilines is 1. The number of aryl methyl sites for hydroxylation is 1. The summed E-state index contributed by atoms with van der Waals surface area (Å²) in [5, 5.41) is 2.73. The lowest BCUT2D eigenvalue weighted by atomic mass is 10.1. The number of methoxy groups -OCH3 is 1. The van der Waals surface area contributed by atoms with Gasteiger partial charge in [0.25, 0.3) is 5.91 Å². The Hall–Kier alpha value is -3.02. The van der Waals surface area contributed by atoms with Gasteiger partial charge in [0.05, 0.1) is 7.11 Å². The first-order valence-electron chi connectivity index (χ1n) is 7.92. The molecular formula is C19H21NO5. The minimum absolute atomic E-state index is 0.273. The molecule has 0 fully saturated rings. The maximum Gasteiger partial charge on any atom is 0.344 e. The first kappa shape index (κ1) is 18.3. The smallest absolute Gasteiger partial charge is 0.344 e. The lowest BCUT2D eigenvalue weighted by molar-refractivity contribution is -0.149. The van der Waals surface area contributed by atoms with Gasteiger partial charge in [-0.1, -0.05) is 25.1 Å². The van der Waals surface area contributed by atoms with E-state index in [1.54, 1.807) is 31.4 Å². The molecule has 0 saturated heterocycles. The summed E-state index contributed by atoms with van der Waals surface area (Å²) in [6, 6.07) is 14.3. The topological polar surface area (TPSA) is 73.9 Å². The molecule has 0 aliphatic carbocycles. The van der Waals surface area contributed by atoms with E-state index in [1.165, 1.54) is 0 Å². The number of ether oxygens (including phenoxy) is 3. The maximum absolute atomic E-state index is 11.9. The number of amides is 1. The zero-order valence-corrected chi connectivity index (χ0v) is 14.3. The molecule has 2 aromatic carbocycles. The van der Waals surface area contributed by atoms with Gasteiger partial charge in [0, 0.05) is 5.69 Å². The lowest BCUT2D eigenvalue weighted by Crippen LogP contribution is -2.24. The van der Waals surface area contributed by atoms with Gasteiger partial charge < -0.3 is 19.5 Å². The van der Waals surface area contributed by atoms with Crippen LogP contribution in [0.1, 0.15) is 12.5 Å². The first-order chi connectivity index (χ1) is 12.1. The van der Waals surface area contributed by atoms with Crippen LogP contribution in [0.25, 0.3) is 0 Å². The Balaban J connectivity index is 1.74. The van der Waals surface area contributed by atoms with E-state index in [0.29, 0.717) is 11.5 Å². The van der Waals surface area contributed by atoms with Crippen molar-refractivity contribution in [3.63, 3.8) is 0 Å². The van der Waals surface area contributed by atoms with Crippen molar-refractivity contribution in [2.75, 3.05) is 25.6 Å². The molecule has 1 N–H and O–H groups in total. The summed E-state index contributed by atoms with van der Waals surface area (Å²) in [7, 11) is 1.57. The molecule has 0 aliphatic rings. The minimum atomic E-state index is -0.616. The summed E-state index contributed by atoms with van der Waals surface area (Å²) in [4.78, 5) is 23.6. The Kier molecular flexibility index (Phi) is 6.83. The fourth-order valence-electron chi connectivity index (χ4n) is 2.14. The predicted octanol–water partition coefficient (Wildman–Crippen LogP) is 2.82. The molecule has 6 nitrogen and oxygen atoms in total. The molecule has 0 saturated carbocycles. The number of hydrogen-bond donors (Lipinski definition) is 1. The van der Waals surface area contributed by atoms with E-state index < -0.39 is 11.9 Å². The van der Waals surface area contributed by atoms with E-state index in [1.807, 2.05) is 31.2 Å². The molecule has 0 aromatic heterocycles. The van der Waals surface area contributed by atoms with Gasteiger partial charge in [-0.3, -0.25) is 4.79 Å². The van der Waals surface area contributed by atoms with Gasteiger partial charge in [-0.25, -0.2) is 4.79 Å². The Morgan fingerprint density at radius 1 is 0.960 bits per heavy atom. The molecule has 0 radical (unpaired) electrons. The third kappa shape index (κ3) is 5.84. The van der Waals surface area contributed by atoms with Crippen LogP contribution in [0, 0.1) is 0 Å². The molecule has 25 heavy (non-hydrogen) atoms. The molecule has 0 atom stereocenters. The van der Waals surface area contributed by atoms with Crippen LogP contribution in [0.5, 0.6) is 11.5 Å². The number of benzene rings is 2. The van der Waals surface area contributed by atoms with Gasteiger partial charge >= 0.3 is 5.97 Å². The molecule has 132 valence electrons. The van der Waals surface area contributed by atoms with Crippen LogP contribution in [0.3, 0.4) is 0 Å². The predicted molar refractivity (Wildman–Crippen MR) is 93.9 cm³/mol. The fourth-order valence-corrected chi connectivity index (χ4v) is 2.14. The van der Waals surface area contributed by atoms with Crippen molar-refractivity contribution in [1.29, 1.82) is 0 Å². The van der Waals surface area contributed by atoms with Gasteiger partial charge in [0.2, 0.25) is 0 Å². The molecule has 0 unspecified atom stereocenters. The van der Waals surface area contributed by atoms with Crippen LogP contribution < -0.4 is 14.8 Å². The van der Waals surface area contributed by atoms with Crippen LogP contribution in [-0.2, 0) is 20.7 Å². The number of hydrogen-bond acceptors (Lipinski definition) is 5. The van der Waals surface area contributed by atoms with Crippen molar-refractivity contribution in [1.82, 2.24) is 0 Å². The molecule has 2 rings (SSSR count). The monoisotopic (exact) mass is 343 g/mol. The third-order valence-corrected chi connectivity index (χ3v) is 3.45. The minimum Gasteiger partial charge on any atom is -0.497 e.